The maximum Gasteiger partial charge on any atom is 0.150 e. The molecule has 0 aliphatic rings. The van der Waals surface area contributed by atoms with E-state index < -0.39 is 13.3 Å². The van der Waals surface area contributed by atoms with Crippen LogP contribution < -0.4 is 0 Å². The lowest BCUT2D eigenvalue weighted by molar-refractivity contribution is 0.112. The Labute approximate surface area is 69.0 Å². The first kappa shape index (κ1) is 8.84. The average molecular weight is 170 g/mol. The minimum absolute atomic E-state index is 0.250. The zero-order chi connectivity index (χ0) is 8.97. The van der Waals surface area contributed by atoms with Crippen molar-refractivity contribution >= 4 is 6.29 Å². The third-order valence-electron chi connectivity index (χ3n) is 1.63. The summed E-state index contributed by atoms with van der Waals surface area (Å²) in [6.45, 7) is -1.37. The zero-order valence-corrected chi connectivity index (χ0v) is 6.39. The molecular formula is C9H8F2O. The van der Waals surface area contributed by atoms with Gasteiger partial charge in [0, 0.05) is 5.56 Å². The molecule has 0 fully saturated rings. The van der Waals surface area contributed by atoms with Gasteiger partial charge in [0.2, 0.25) is 0 Å². The fourth-order valence-electron chi connectivity index (χ4n) is 0.973. The van der Waals surface area contributed by atoms with Crippen molar-refractivity contribution in [3.63, 3.8) is 0 Å². The molecule has 0 heterocycles. The number of rotatable bonds is 3. The van der Waals surface area contributed by atoms with E-state index in [1.165, 1.54) is 18.2 Å². The van der Waals surface area contributed by atoms with E-state index in [1.54, 1.807) is 0 Å². The van der Waals surface area contributed by atoms with Crippen LogP contribution in [0.25, 0.3) is 0 Å². The van der Waals surface area contributed by atoms with Crippen LogP contribution in [0, 0.1) is 0 Å². The Balaban J connectivity index is 3.10. The van der Waals surface area contributed by atoms with Crippen LogP contribution in [0.4, 0.5) is 8.78 Å². The maximum absolute atomic E-state index is 12.2. The van der Waals surface area contributed by atoms with Crippen LogP contribution in [0.15, 0.2) is 18.2 Å². The van der Waals surface area contributed by atoms with Gasteiger partial charge in [-0.3, -0.25) is 4.79 Å². The zero-order valence-electron chi connectivity index (χ0n) is 6.39. The van der Waals surface area contributed by atoms with Gasteiger partial charge in [0.15, 0.2) is 0 Å². The van der Waals surface area contributed by atoms with E-state index in [0.717, 1.165) is 0 Å². The molecule has 0 saturated heterocycles. The van der Waals surface area contributed by atoms with Crippen molar-refractivity contribution in [2.24, 2.45) is 0 Å². The van der Waals surface area contributed by atoms with E-state index in [1.807, 2.05) is 0 Å². The molecule has 1 nitrogen and oxygen atoms in total. The van der Waals surface area contributed by atoms with Gasteiger partial charge >= 0.3 is 0 Å². The van der Waals surface area contributed by atoms with Crippen molar-refractivity contribution in [1.82, 2.24) is 0 Å². The van der Waals surface area contributed by atoms with Crippen LogP contribution in [0.5, 0.6) is 0 Å². The molecule has 0 unspecified atom stereocenters. The molecule has 3 heteroatoms. The van der Waals surface area contributed by atoms with Gasteiger partial charge in [-0.15, -0.1) is 0 Å². The number of carbonyl (C=O) groups is 1. The molecule has 0 radical (unpaired) electrons. The van der Waals surface area contributed by atoms with Crippen LogP contribution in [-0.4, -0.2) is 6.29 Å². The minimum Gasteiger partial charge on any atom is -0.298 e. The van der Waals surface area contributed by atoms with Crippen LogP contribution in [0.2, 0.25) is 0 Å². The van der Waals surface area contributed by atoms with Crippen molar-refractivity contribution in [2.75, 3.05) is 0 Å². The predicted octanol–water partition coefficient (Wildman–Crippen LogP) is 2.44. The van der Waals surface area contributed by atoms with Crippen molar-refractivity contribution in [2.45, 2.75) is 13.3 Å². The van der Waals surface area contributed by atoms with Crippen LogP contribution in [0.3, 0.4) is 0 Å². The van der Waals surface area contributed by atoms with E-state index in [-0.39, 0.29) is 11.1 Å². The number of benzene rings is 1. The molecule has 0 N–H and O–H groups in total. The molecule has 12 heavy (non-hydrogen) atoms. The van der Waals surface area contributed by atoms with Gasteiger partial charge in [0.1, 0.15) is 19.6 Å². The standard InChI is InChI=1S/C9H8F2O/c10-4-7-1-2-8(6-12)9(3-7)5-11/h1-3,6H,4-5H2. The third-order valence-corrected chi connectivity index (χ3v) is 1.63. The highest BCUT2D eigenvalue weighted by Crippen LogP contribution is 2.12. The van der Waals surface area contributed by atoms with Gasteiger partial charge in [-0.1, -0.05) is 12.1 Å². The first-order chi connectivity index (χ1) is 5.81. The van der Waals surface area contributed by atoms with Crippen molar-refractivity contribution in [3.8, 4) is 0 Å². The van der Waals surface area contributed by atoms with E-state index in [9.17, 15) is 13.6 Å². The fraction of sp³-hybridized carbons (Fsp3) is 0.222. The summed E-state index contributed by atoms with van der Waals surface area (Å²) in [5, 5.41) is 0. The van der Waals surface area contributed by atoms with Gasteiger partial charge in [0.05, 0.1) is 0 Å². The molecule has 0 spiro atoms. The molecule has 0 saturated carbocycles. The molecule has 0 aliphatic heterocycles. The number of hydrogen-bond acceptors (Lipinski definition) is 1. The summed E-state index contributed by atoms with van der Waals surface area (Å²) < 4.78 is 24.3. The molecular weight excluding hydrogens is 162 g/mol. The number of carbonyl (C=O) groups excluding carboxylic acids is 1. The summed E-state index contributed by atoms with van der Waals surface area (Å²) in [5.41, 5.74) is 0.933. The Morgan fingerprint density at radius 3 is 2.50 bits per heavy atom. The molecule has 1 aromatic rings. The SMILES string of the molecule is O=Cc1ccc(CF)cc1CF. The molecule has 64 valence electrons. The molecule has 0 bridgehead atoms. The third kappa shape index (κ3) is 1.67. The van der Waals surface area contributed by atoms with Crippen molar-refractivity contribution in [1.29, 1.82) is 0 Å². The van der Waals surface area contributed by atoms with E-state index in [0.29, 0.717) is 11.8 Å². The van der Waals surface area contributed by atoms with E-state index in [4.69, 9.17) is 0 Å². The summed E-state index contributed by atoms with van der Waals surface area (Å²) in [7, 11) is 0. The van der Waals surface area contributed by atoms with Gasteiger partial charge in [-0.05, 0) is 17.2 Å². The molecule has 0 aliphatic carbocycles. The average Bonchev–Trinajstić information content (AvgIpc) is 2.16. The van der Waals surface area contributed by atoms with Crippen LogP contribution >= 0.6 is 0 Å². The summed E-state index contributed by atoms with van der Waals surface area (Å²) >= 11 is 0. The molecule has 0 atom stereocenters. The number of halogens is 2. The summed E-state index contributed by atoms with van der Waals surface area (Å²) in [6, 6.07) is 4.27. The second-order valence-corrected chi connectivity index (χ2v) is 2.42. The second kappa shape index (κ2) is 3.95. The quantitative estimate of drug-likeness (QED) is 0.637. The highest BCUT2D eigenvalue weighted by Gasteiger charge is 2.02. The Bertz CT molecular complexity index is 284. The van der Waals surface area contributed by atoms with Gasteiger partial charge in [-0.25, -0.2) is 8.78 Å². The Morgan fingerprint density at radius 1 is 1.25 bits per heavy atom. The normalized spacial score (nSPS) is 9.83. The Morgan fingerprint density at radius 2 is 2.00 bits per heavy atom. The molecule has 0 aromatic heterocycles. The number of hydrogen-bond donors (Lipinski definition) is 0. The predicted molar refractivity (Wildman–Crippen MR) is 41.5 cm³/mol. The van der Waals surface area contributed by atoms with Gasteiger partial charge in [-0.2, -0.15) is 0 Å². The van der Waals surface area contributed by atoms with E-state index >= 15 is 0 Å². The maximum atomic E-state index is 12.2. The molecule has 1 aromatic carbocycles. The van der Waals surface area contributed by atoms with Gasteiger partial charge < -0.3 is 0 Å². The highest BCUT2D eigenvalue weighted by molar-refractivity contribution is 5.77. The van der Waals surface area contributed by atoms with Crippen molar-refractivity contribution < 1.29 is 13.6 Å². The Kier molecular flexibility index (Phi) is 2.91. The van der Waals surface area contributed by atoms with Gasteiger partial charge in [0.25, 0.3) is 0 Å². The number of alkyl halides is 2. The minimum atomic E-state index is -0.734. The van der Waals surface area contributed by atoms with Crippen LogP contribution in [0.1, 0.15) is 21.5 Å². The lowest BCUT2D eigenvalue weighted by atomic mass is 10.1. The smallest absolute Gasteiger partial charge is 0.150 e. The highest BCUT2D eigenvalue weighted by atomic mass is 19.1. The number of aldehydes is 1. The van der Waals surface area contributed by atoms with E-state index in [2.05, 4.69) is 0 Å². The summed E-state index contributed by atoms with van der Waals surface area (Å²) in [6.07, 6.45) is 0.566. The lowest BCUT2D eigenvalue weighted by Crippen LogP contribution is -1.91. The largest absolute Gasteiger partial charge is 0.298 e. The summed E-state index contributed by atoms with van der Waals surface area (Å²) in [5.74, 6) is 0. The summed E-state index contributed by atoms with van der Waals surface area (Å²) in [4.78, 5) is 10.3. The Hall–Kier alpha value is -1.25. The first-order valence-electron chi connectivity index (χ1n) is 3.50. The lowest BCUT2D eigenvalue weighted by Gasteiger charge is -2.00. The van der Waals surface area contributed by atoms with Crippen LogP contribution in [-0.2, 0) is 13.3 Å². The van der Waals surface area contributed by atoms with Crippen molar-refractivity contribution in [3.05, 3.63) is 34.9 Å². The molecule has 0 amide bonds. The fourth-order valence-corrected chi connectivity index (χ4v) is 0.973. The first-order valence-corrected chi connectivity index (χ1v) is 3.50. The topological polar surface area (TPSA) is 17.1 Å². The monoisotopic (exact) mass is 170 g/mol. The molecule has 1 rings (SSSR count). The second-order valence-electron chi connectivity index (χ2n) is 2.42.